The van der Waals surface area contributed by atoms with Gasteiger partial charge in [0.1, 0.15) is 0 Å². The van der Waals surface area contributed by atoms with Gasteiger partial charge in [0.15, 0.2) is 0 Å². The van der Waals surface area contributed by atoms with E-state index in [2.05, 4.69) is 25.7 Å². The summed E-state index contributed by atoms with van der Waals surface area (Å²) < 4.78 is 0. The Balaban J connectivity index is 4.03. The summed E-state index contributed by atoms with van der Waals surface area (Å²) in [4.78, 5) is 2.35. The number of hydrogen-bond acceptors (Lipinski definition) is 3. The third-order valence-electron chi connectivity index (χ3n) is 7.05. The van der Waals surface area contributed by atoms with Crippen molar-refractivity contribution in [1.29, 1.82) is 0 Å². The van der Waals surface area contributed by atoms with Crippen molar-refractivity contribution in [2.24, 2.45) is 0 Å². The number of aliphatic hydroxyl groups excluding tert-OH is 2. The average Bonchev–Trinajstić information content (AvgIpc) is 2.80. The Hall–Kier alpha value is -0.120. The maximum absolute atomic E-state index is 10.5. The summed E-state index contributed by atoms with van der Waals surface area (Å²) in [6.07, 6.45) is 27.5. The van der Waals surface area contributed by atoms with E-state index in [-0.39, 0.29) is 12.2 Å². The summed E-state index contributed by atoms with van der Waals surface area (Å²) in [6.45, 7) is 9.23. The zero-order chi connectivity index (χ0) is 24.4. The fourth-order valence-corrected chi connectivity index (χ4v) is 4.83. The molecule has 0 aromatic carbocycles. The second-order valence-electron chi connectivity index (χ2n) is 10.7. The van der Waals surface area contributed by atoms with Crippen molar-refractivity contribution in [3.05, 3.63) is 0 Å². The summed E-state index contributed by atoms with van der Waals surface area (Å²) in [5.41, 5.74) is 0. The van der Waals surface area contributed by atoms with E-state index in [0.29, 0.717) is 0 Å². The summed E-state index contributed by atoms with van der Waals surface area (Å²) >= 11 is 0. The van der Waals surface area contributed by atoms with Gasteiger partial charge in [-0.05, 0) is 25.8 Å². The van der Waals surface area contributed by atoms with Gasteiger partial charge in [-0.3, -0.25) is 4.90 Å². The van der Waals surface area contributed by atoms with Crippen LogP contribution in [0.3, 0.4) is 0 Å². The SMILES string of the molecule is CCCCCCCCCCCCCCN(CC(O)CCCCCC)CC(O)CCCCCC. The molecule has 0 spiro atoms. The standard InChI is InChI=1S/C30H63NO2/c1-4-7-10-13-14-15-16-17-18-19-20-23-26-31(27-29(32)24-21-11-8-5-2)28-30(33)25-22-12-9-6-3/h29-30,32-33H,4-28H2,1-3H3. The van der Waals surface area contributed by atoms with Crippen LogP contribution in [0.15, 0.2) is 0 Å². The average molecular weight is 470 g/mol. The van der Waals surface area contributed by atoms with Gasteiger partial charge in [0.25, 0.3) is 0 Å². The minimum absolute atomic E-state index is 0.244. The summed E-state index contributed by atoms with van der Waals surface area (Å²) in [5.74, 6) is 0. The van der Waals surface area contributed by atoms with Gasteiger partial charge in [0.2, 0.25) is 0 Å². The van der Waals surface area contributed by atoms with Crippen molar-refractivity contribution < 1.29 is 10.2 Å². The highest BCUT2D eigenvalue weighted by Gasteiger charge is 2.15. The first kappa shape index (κ1) is 32.9. The molecule has 0 aromatic rings. The third-order valence-corrected chi connectivity index (χ3v) is 7.05. The van der Waals surface area contributed by atoms with Crippen LogP contribution in [0.1, 0.15) is 162 Å². The molecule has 3 nitrogen and oxygen atoms in total. The highest BCUT2D eigenvalue weighted by Crippen LogP contribution is 2.14. The number of unbranched alkanes of at least 4 members (excludes halogenated alkanes) is 17. The normalized spacial score (nSPS) is 13.6. The topological polar surface area (TPSA) is 43.7 Å². The molecule has 0 rings (SSSR count). The summed E-state index contributed by atoms with van der Waals surface area (Å²) in [7, 11) is 0. The zero-order valence-corrected chi connectivity index (χ0v) is 23.2. The van der Waals surface area contributed by atoms with Crippen LogP contribution >= 0.6 is 0 Å². The van der Waals surface area contributed by atoms with Crippen LogP contribution < -0.4 is 0 Å². The molecule has 200 valence electrons. The van der Waals surface area contributed by atoms with E-state index in [1.165, 1.54) is 116 Å². The number of rotatable bonds is 27. The molecule has 0 bridgehead atoms. The molecule has 0 radical (unpaired) electrons. The molecule has 0 fully saturated rings. The van der Waals surface area contributed by atoms with Crippen LogP contribution in [0.25, 0.3) is 0 Å². The lowest BCUT2D eigenvalue weighted by Gasteiger charge is -2.27. The molecule has 0 saturated carbocycles. The van der Waals surface area contributed by atoms with Crippen molar-refractivity contribution in [3.8, 4) is 0 Å². The zero-order valence-electron chi connectivity index (χ0n) is 23.2. The van der Waals surface area contributed by atoms with E-state index in [9.17, 15) is 10.2 Å². The Bertz CT molecular complexity index is 343. The van der Waals surface area contributed by atoms with Gasteiger partial charge in [-0.25, -0.2) is 0 Å². The van der Waals surface area contributed by atoms with Crippen molar-refractivity contribution in [2.45, 2.75) is 174 Å². The first-order chi connectivity index (χ1) is 16.1. The lowest BCUT2D eigenvalue weighted by molar-refractivity contribution is 0.0596. The van der Waals surface area contributed by atoms with Crippen LogP contribution in [0.5, 0.6) is 0 Å². The van der Waals surface area contributed by atoms with E-state index >= 15 is 0 Å². The smallest absolute Gasteiger partial charge is 0.0667 e. The van der Waals surface area contributed by atoms with Gasteiger partial charge < -0.3 is 10.2 Å². The predicted octanol–water partition coefficient (Wildman–Crippen LogP) is 8.65. The Morgan fingerprint density at radius 1 is 0.424 bits per heavy atom. The molecule has 0 saturated heterocycles. The number of hydrogen-bond donors (Lipinski definition) is 2. The molecule has 0 aliphatic heterocycles. The maximum atomic E-state index is 10.5. The first-order valence-electron chi connectivity index (χ1n) is 15.2. The minimum atomic E-state index is -0.244. The molecule has 2 atom stereocenters. The largest absolute Gasteiger partial charge is 0.392 e. The van der Waals surface area contributed by atoms with Crippen LogP contribution in [0, 0.1) is 0 Å². The van der Waals surface area contributed by atoms with Gasteiger partial charge >= 0.3 is 0 Å². The number of aliphatic hydroxyl groups is 2. The van der Waals surface area contributed by atoms with E-state index in [1.54, 1.807) is 0 Å². The predicted molar refractivity (Wildman–Crippen MR) is 147 cm³/mol. The molecule has 3 heteroatoms. The van der Waals surface area contributed by atoms with Gasteiger partial charge in [0, 0.05) is 13.1 Å². The Kier molecular flexibility index (Phi) is 26.4. The summed E-state index contributed by atoms with van der Waals surface area (Å²) in [5, 5.41) is 21.1. The van der Waals surface area contributed by atoms with E-state index in [4.69, 9.17) is 0 Å². The first-order valence-corrected chi connectivity index (χ1v) is 15.2. The van der Waals surface area contributed by atoms with E-state index in [1.807, 2.05) is 0 Å². The molecule has 2 N–H and O–H groups in total. The highest BCUT2D eigenvalue weighted by molar-refractivity contribution is 4.70. The fraction of sp³-hybridized carbons (Fsp3) is 1.00. The molecule has 2 unspecified atom stereocenters. The van der Waals surface area contributed by atoms with Gasteiger partial charge in [-0.1, -0.05) is 143 Å². The van der Waals surface area contributed by atoms with Gasteiger partial charge in [-0.2, -0.15) is 0 Å². The summed E-state index contributed by atoms with van der Waals surface area (Å²) in [6, 6.07) is 0. The van der Waals surface area contributed by atoms with Crippen LogP contribution in [0.4, 0.5) is 0 Å². The second-order valence-corrected chi connectivity index (χ2v) is 10.7. The molecule has 0 aliphatic rings. The van der Waals surface area contributed by atoms with Gasteiger partial charge in [0.05, 0.1) is 12.2 Å². The van der Waals surface area contributed by atoms with Crippen LogP contribution in [-0.4, -0.2) is 47.0 Å². The van der Waals surface area contributed by atoms with Crippen LogP contribution in [0.2, 0.25) is 0 Å². The van der Waals surface area contributed by atoms with Crippen molar-refractivity contribution in [1.82, 2.24) is 4.90 Å². The Labute approximate surface area is 209 Å². The molecule has 0 amide bonds. The third kappa shape index (κ3) is 24.8. The second kappa shape index (κ2) is 26.5. The molecule has 0 aliphatic carbocycles. The van der Waals surface area contributed by atoms with Crippen molar-refractivity contribution in [2.75, 3.05) is 19.6 Å². The lowest BCUT2D eigenvalue weighted by atomic mass is 10.0. The molecule has 0 aromatic heterocycles. The Morgan fingerprint density at radius 2 is 0.727 bits per heavy atom. The quantitative estimate of drug-likeness (QED) is 0.118. The number of nitrogens with zero attached hydrogens (tertiary/aromatic N) is 1. The van der Waals surface area contributed by atoms with E-state index < -0.39 is 0 Å². The van der Waals surface area contributed by atoms with E-state index in [0.717, 1.165) is 45.3 Å². The van der Waals surface area contributed by atoms with Crippen molar-refractivity contribution in [3.63, 3.8) is 0 Å². The lowest BCUT2D eigenvalue weighted by Crippen LogP contribution is -2.38. The molecular weight excluding hydrogens is 406 g/mol. The molecular formula is C30H63NO2. The monoisotopic (exact) mass is 469 g/mol. The fourth-order valence-electron chi connectivity index (χ4n) is 4.83. The Morgan fingerprint density at radius 3 is 1.09 bits per heavy atom. The highest BCUT2D eigenvalue weighted by atomic mass is 16.3. The van der Waals surface area contributed by atoms with Crippen LogP contribution in [-0.2, 0) is 0 Å². The molecule has 0 heterocycles. The van der Waals surface area contributed by atoms with Crippen molar-refractivity contribution >= 4 is 0 Å². The maximum Gasteiger partial charge on any atom is 0.0667 e. The molecule has 33 heavy (non-hydrogen) atoms. The van der Waals surface area contributed by atoms with Gasteiger partial charge in [-0.15, -0.1) is 0 Å². The minimum Gasteiger partial charge on any atom is -0.392 e.